The molecular formula is C21H24F3N7O4S. The molecule has 3 aromatic heterocycles. The van der Waals surface area contributed by atoms with Crippen molar-refractivity contribution in [2.24, 2.45) is 0 Å². The molecule has 3 aromatic rings. The van der Waals surface area contributed by atoms with Crippen LogP contribution in [0.4, 0.5) is 29.6 Å². The first-order chi connectivity index (χ1) is 16.9. The zero-order valence-corrected chi connectivity index (χ0v) is 20.0. The molecule has 3 N–H and O–H groups in total. The fraction of sp³-hybridized carbons (Fsp3) is 0.524. The molecule has 2 aliphatic rings. The van der Waals surface area contributed by atoms with Crippen molar-refractivity contribution >= 4 is 33.1 Å². The first-order valence-corrected chi connectivity index (χ1v) is 13.0. The Morgan fingerprint density at radius 2 is 2.08 bits per heavy atom. The highest BCUT2D eigenvalue weighted by Gasteiger charge is 2.46. The molecule has 194 valence electrons. The maximum Gasteiger partial charge on any atom is 0.497 e. The molecule has 0 saturated heterocycles. The highest BCUT2D eigenvalue weighted by atomic mass is 32.2. The number of anilines is 2. The van der Waals surface area contributed by atoms with Crippen molar-refractivity contribution in [2.45, 2.75) is 67.8 Å². The lowest BCUT2D eigenvalue weighted by molar-refractivity contribution is -0.0438. The van der Waals surface area contributed by atoms with Crippen molar-refractivity contribution in [3.8, 4) is 0 Å². The van der Waals surface area contributed by atoms with Gasteiger partial charge in [-0.2, -0.15) is 23.4 Å². The van der Waals surface area contributed by atoms with Crippen molar-refractivity contribution in [3.63, 3.8) is 0 Å². The van der Waals surface area contributed by atoms with E-state index in [1.807, 2.05) is 6.92 Å². The predicted octanol–water partition coefficient (Wildman–Crippen LogP) is 3.55. The van der Waals surface area contributed by atoms with Gasteiger partial charge in [0, 0.05) is 35.6 Å². The van der Waals surface area contributed by atoms with Gasteiger partial charge in [0.1, 0.15) is 17.4 Å². The molecule has 36 heavy (non-hydrogen) atoms. The average Bonchev–Trinajstić information content (AvgIpc) is 3.19. The van der Waals surface area contributed by atoms with Crippen LogP contribution in [0.5, 0.6) is 0 Å². The van der Waals surface area contributed by atoms with Gasteiger partial charge in [0.2, 0.25) is 0 Å². The minimum Gasteiger partial charge on any atom is -0.446 e. The monoisotopic (exact) mass is 527 g/mol. The smallest absolute Gasteiger partial charge is 0.446 e. The van der Waals surface area contributed by atoms with Crippen molar-refractivity contribution in [1.82, 2.24) is 30.1 Å². The van der Waals surface area contributed by atoms with E-state index in [1.165, 1.54) is 23.0 Å². The van der Waals surface area contributed by atoms with Crippen LogP contribution in [0.15, 0.2) is 24.5 Å². The van der Waals surface area contributed by atoms with E-state index < -0.39 is 27.2 Å². The highest BCUT2D eigenvalue weighted by molar-refractivity contribution is 7.91. The molecule has 0 unspecified atom stereocenters. The van der Waals surface area contributed by atoms with Crippen LogP contribution < -0.4 is 10.6 Å². The number of nitrogens with zero attached hydrogens (tertiary/aromatic N) is 4. The fourth-order valence-corrected chi connectivity index (χ4v) is 4.91. The molecule has 0 radical (unpaired) electrons. The number of amides is 1. The molecule has 0 bridgehead atoms. The Kier molecular flexibility index (Phi) is 5.84. The van der Waals surface area contributed by atoms with Crippen LogP contribution in [0, 0.1) is 0 Å². The minimum atomic E-state index is -5.36. The summed E-state index contributed by atoms with van der Waals surface area (Å²) in [5.41, 5.74) is -4.63. The number of alkyl carbamates (subject to hydrolysis) is 1. The van der Waals surface area contributed by atoms with Gasteiger partial charge in [-0.05, 0) is 45.1 Å². The highest BCUT2D eigenvalue weighted by Crippen LogP contribution is 2.37. The fourth-order valence-electron chi connectivity index (χ4n) is 4.22. The lowest BCUT2D eigenvalue weighted by Crippen LogP contribution is -2.36. The largest absolute Gasteiger partial charge is 0.497 e. The van der Waals surface area contributed by atoms with E-state index in [1.54, 1.807) is 6.07 Å². The average molecular weight is 528 g/mol. The summed E-state index contributed by atoms with van der Waals surface area (Å²) in [5.74, 6) is -0.497. The Morgan fingerprint density at radius 1 is 1.31 bits per heavy atom. The summed E-state index contributed by atoms with van der Waals surface area (Å²) in [4.78, 5) is 16.3. The van der Waals surface area contributed by atoms with Gasteiger partial charge in [-0.15, -0.1) is 0 Å². The number of aromatic nitrogens is 5. The Balaban J connectivity index is 1.24. The number of nitrogens with one attached hydrogen (secondary N) is 3. The molecule has 15 heteroatoms. The number of hydrogen-bond donors (Lipinski definition) is 3. The zero-order valence-electron chi connectivity index (χ0n) is 19.2. The number of ether oxygens (including phenoxy) is 1. The molecule has 5 rings (SSSR count). The number of rotatable bonds is 7. The van der Waals surface area contributed by atoms with Crippen LogP contribution >= 0.6 is 0 Å². The maximum absolute atomic E-state index is 12.7. The summed E-state index contributed by atoms with van der Waals surface area (Å²) in [6.07, 6.45) is 6.30. The number of carbonyl (C=O) groups excluding carboxylic acids is 1. The molecule has 2 aliphatic carbocycles. The molecule has 2 atom stereocenters. The van der Waals surface area contributed by atoms with Crippen LogP contribution in [0.3, 0.4) is 0 Å². The summed E-state index contributed by atoms with van der Waals surface area (Å²) in [6, 6.07) is 3.02. The van der Waals surface area contributed by atoms with Crippen molar-refractivity contribution in [2.75, 3.05) is 5.32 Å². The maximum atomic E-state index is 12.7. The first-order valence-electron chi connectivity index (χ1n) is 11.3. The van der Waals surface area contributed by atoms with Gasteiger partial charge in [0.25, 0.3) is 9.84 Å². The summed E-state index contributed by atoms with van der Waals surface area (Å²) in [7, 11) is -5.36. The van der Waals surface area contributed by atoms with E-state index in [2.05, 4.69) is 30.9 Å². The molecule has 1 amide bonds. The van der Waals surface area contributed by atoms with Crippen LogP contribution in [0.2, 0.25) is 0 Å². The minimum absolute atomic E-state index is 0.111. The van der Waals surface area contributed by atoms with E-state index in [0.29, 0.717) is 17.8 Å². The number of carbonyl (C=O) groups is 1. The van der Waals surface area contributed by atoms with E-state index in [9.17, 15) is 26.4 Å². The van der Waals surface area contributed by atoms with E-state index in [-0.39, 0.29) is 29.1 Å². The second kappa shape index (κ2) is 8.64. The topological polar surface area (TPSA) is 143 Å². The quantitative estimate of drug-likeness (QED) is 0.423. The number of halogens is 3. The Hall–Kier alpha value is -3.36. The third-order valence-corrected chi connectivity index (χ3v) is 7.86. The van der Waals surface area contributed by atoms with Gasteiger partial charge >= 0.3 is 11.6 Å². The number of fused-ring (bicyclic) bond motifs is 1. The summed E-state index contributed by atoms with van der Waals surface area (Å²) >= 11 is 0. The Bertz CT molecular complexity index is 1400. The Labute approximate surface area is 203 Å². The molecule has 0 aromatic carbocycles. The van der Waals surface area contributed by atoms with Crippen LogP contribution in [-0.4, -0.2) is 56.5 Å². The lowest BCUT2D eigenvalue weighted by atomic mass is 10.0. The zero-order chi connectivity index (χ0) is 25.7. The summed E-state index contributed by atoms with van der Waals surface area (Å²) in [5, 5.41) is 17.0. The van der Waals surface area contributed by atoms with Crippen LogP contribution in [0.1, 0.15) is 56.3 Å². The Morgan fingerprint density at radius 3 is 2.81 bits per heavy atom. The van der Waals surface area contributed by atoms with E-state index in [0.717, 1.165) is 31.4 Å². The third-order valence-electron chi connectivity index (χ3n) is 6.48. The van der Waals surface area contributed by atoms with Gasteiger partial charge in [-0.3, -0.25) is 5.10 Å². The molecule has 11 nitrogen and oxygen atoms in total. The number of alkyl halides is 3. The SMILES string of the molecule is CC1(NC(=O)O[C@@H]2CC[C@H](c3cc(Nc4nccn5nc(CS(=O)(=O)C(F)(F)F)cc45)n[nH]3)C2)CC1. The van der Waals surface area contributed by atoms with Crippen LogP contribution in [0.25, 0.3) is 5.52 Å². The second-order valence-electron chi connectivity index (χ2n) is 9.50. The van der Waals surface area contributed by atoms with Gasteiger partial charge < -0.3 is 15.4 Å². The molecular weight excluding hydrogens is 503 g/mol. The van der Waals surface area contributed by atoms with Crippen LogP contribution in [-0.2, 0) is 20.3 Å². The predicted molar refractivity (Wildman–Crippen MR) is 121 cm³/mol. The van der Waals surface area contributed by atoms with E-state index >= 15 is 0 Å². The normalized spacial score (nSPS) is 21.4. The summed E-state index contributed by atoms with van der Waals surface area (Å²) in [6.45, 7) is 1.98. The first kappa shape index (κ1) is 24.3. The number of H-pyrrole nitrogens is 1. The number of aromatic amines is 1. The summed E-state index contributed by atoms with van der Waals surface area (Å²) < 4.78 is 68.0. The molecule has 0 aliphatic heterocycles. The third kappa shape index (κ3) is 5.10. The standard InChI is InChI=1S/C21H24F3N7O4S/c1-20(4-5-20)27-19(32)35-14-3-2-12(8-14)15-10-17(29-28-15)26-18-16-9-13(30-31(16)7-6-25-18)11-36(33,34)21(22,23)24/h6-7,9-10,12,14H,2-5,8,11H2,1H3,(H,27,32)(H2,25,26,28,29)/t12-,14+/m0/s1. The van der Waals surface area contributed by atoms with Gasteiger partial charge in [-0.1, -0.05) is 0 Å². The van der Waals surface area contributed by atoms with Crippen molar-refractivity contribution in [1.29, 1.82) is 0 Å². The van der Waals surface area contributed by atoms with Crippen molar-refractivity contribution in [3.05, 3.63) is 35.9 Å². The van der Waals surface area contributed by atoms with Gasteiger partial charge in [-0.25, -0.2) is 22.7 Å². The van der Waals surface area contributed by atoms with E-state index in [4.69, 9.17) is 4.74 Å². The molecule has 2 fully saturated rings. The molecule has 0 spiro atoms. The lowest BCUT2D eigenvalue weighted by Gasteiger charge is -2.16. The van der Waals surface area contributed by atoms with Gasteiger partial charge in [0.05, 0.1) is 5.69 Å². The number of sulfone groups is 1. The second-order valence-corrected chi connectivity index (χ2v) is 11.5. The molecule has 2 saturated carbocycles. The number of hydrogen-bond acceptors (Lipinski definition) is 8. The molecule has 3 heterocycles. The van der Waals surface area contributed by atoms with Gasteiger partial charge in [0.15, 0.2) is 11.6 Å². The van der Waals surface area contributed by atoms with Crippen molar-refractivity contribution < 1.29 is 31.1 Å².